The molecule has 0 N–H and O–H groups in total. The van der Waals surface area contributed by atoms with Gasteiger partial charge in [-0.05, 0) is 12.8 Å². The normalized spacial score (nSPS) is 9.68. The minimum Gasteiger partial charge on any atom is -0.512 e. The van der Waals surface area contributed by atoms with Crippen LogP contribution < -0.4 is 4.57 Å². The van der Waals surface area contributed by atoms with Gasteiger partial charge >= 0.3 is 0 Å². The van der Waals surface area contributed by atoms with Crippen LogP contribution >= 0.6 is 0 Å². The van der Waals surface area contributed by atoms with Gasteiger partial charge in [0.2, 0.25) is 0 Å². The Labute approximate surface area is 119 Å². The molecule has 0 aromatic carbocycles. The largest absolute Gasteiger partial charge is 0.512 e. The van der Waals surface area contributed by atoms with E-state index < -0.39 is 0 Å². The molecule has 0 spiro atoms. The van der Waals surface area contributed by atoms with Gasteiger partial charge in [0.25, 0.3) is 0 Å². The van der Waals surface area contributed by atoms with Gasteiger partial charge in [0.1, 0.15) is 6.54 Å². The summed E-state index contributed by atoms with van der Waals surface area (Å²) in [6, 6.07) is 6.60. The summed E-state index contributed by atoms with van der Waals surface area (Å²) < 4.78 is 2.45. The van der Waals surface area contributed by atoms with Crippen molar-refractivity contribution in [3.63, 3.8) is 0 Å². The van der Waals surface area contributed by atoms with Crippen molar-refractivity contribution >= 4 is 0 Å². The predicted molar refractivity (Wildman–Crippen MR) is 79.0 cm³/mol. The molecular weight excluding hydrogens is 232 g/mol. The monoisotopic (exact) mass is 260 g/mol. The van der Waals surface area contributed by atoms with Crippen LogP contribution in [0.4, 0.5) is 0 Å². The molecule has 0 aliphatic heterocycles. The van der Waals surface area contributed by atoms with Gasteiger partial charge < -0.3 is 11.8 Å². The van der Waals surface area contributed by atoms with Crippen LogP contribution in [0.3, 0.4) is 0 Å². The third kappa shape index (κ3) is 8.37. The number of aromatic nitrogens is 1. The predicted octanol–water partition coefficient (Wildman–Crippen LogP) is 4.38. The molecule has 2 nitrogen and oxygen atoms in total. The molecule has 0 radical (unpaired) electrons. The SMILES string of the molecule is CCCCCCC[n+]1ccccc1CCCC.[C-]#N. The molecule has 2 heteroatoms. The van der Waals surface area contributed by atoms with E-state index in [9.17, 15) is 0 Å². The maximum absolute atomic E-state index is 6.25. The number of hydrogen-bond acceptors (Lipinski definition) is 1. The highest BCUT2D eigenvalue weighted by atomic mass is 14.9. The highest BCUT2D eigenvalue weighted by Crippen LogP contribution is 2.04. The first-order valence-electron chi connectivity index (χ1n) is 7.58. The maximum Gasteiger partial charge on any atom is 0.181 e. The van der Waals surface area contributed by atoms with Crippen molar-refractivity contribution < 1.29 is 4.57 Å². The van der Waals surface area contributed by atoms with E-state index in [0.717, 1.165) is 0 Å². The molecule has 0 aliphatic rings. The number of hydrogen-bond donors (Lipinski definition) is 0. The fraction of sp³-hybridized carbons (Fsp3) is 0.647. The fourth-order valence-corrected chi connectivity index (χ4v) is 2.20. The van der Waals surface area contributed by atoms with Crippen molar-refractivity contribution in [1.29, 1.82) is 5.26 Å². The smallest absolute Gasteiger partial charge is 0.181 e. The highest BCUT2D eigenvalue weighted by Gasteiger charge is 2.07. The molecule has 1 aromatic heterocycles. The Morgan fingerprint density at radius 3 is 2.32 bits per heavy atom. The van der Waals surface area contributed by atoms with Gasteiger partial charge in [-0.2, -0.15) is 0 Å². The van der Waals surface area contributed by atoms with E-state index in [1.54, 1.807) is 0 Å². The summed E-state index contributed by atoms with van der Waals surface area (Å²) in [6.07, 6.45) is 12.9. The van der Waals surface area contributed by atoms with Crippen LogP contribution in [-0.2, 0) is 13.0 Å². The molecule has 1 heterocycles. The molecular formula is C17H28N2. The highest BCUT2D eigenvalue weighted by molar-refractivity contribution is 4.97. The van der Waals surface area contributed by atoms with Gasteiger partial charge in [-0.25, -0.2) is 4.57 Å². The van der Waals surface area contributed by atoms with E-state index in [-0.39, 0.29) is 0 Å². The Balaban J connectivity index is 0.00000154. The number of unbranched alkanes of at least 4 members (excludes halogenated alkanes) is 5. The second-order valence-corrected chi connectivity index (χ2v) is 4.90. The van der Waals surface area contributed by atoms with Crippen LogP contribution in [0.25, 0.3) is 0 Å². The van der Waals surface area contributed by atoms with Gasteiger partial charge in [0.15, 0.2) is 11.9 Å². The molecule has 106 valence electrons. The molecule has 0 atom stereocenters. The average molecular weight is 260 g/mol. The molecule has 0 saturated heterocycles. The summed E-state index contributed by atoms with van der Waals surface area (Å²) in [6.45, 7) is 10.5. The van der Waals surface area contributed by atoms with E-state index in [1.165, 1.54) is 63.6 Å². The molecule has 0 unspecified atom stereocenters. The average Bonchev–Trinajstić information content (AvgIpc) is 2.48. The third-order valence-corrected chi connectivity index (χ3v) is 3.32. The standard InChI is InChI=1S/C16H28N.CN/c1-3-5-7-8-10-14-17-15-11-9-13-16(17)12-6-4-2;1-2/h9,11,13,15H,3-8,10,12,14H2,1-2H3;/q+1;-1. The van der Waals surface area contributed by atoms with Crippen LogP contribution in [0.15, 0.2) is 24.4 Å². The Kier molecular flexibility index (Phi) is 12.1. The summed E-state index contributed by atoms with van der Waals surface area (Å²) in [5.41, 5.74) is 1.50. The Morgan fingerprint density at radius 1 is 0.947 bits per heavy atom. The van der Waals surface area contributed by atoms with Crippen LogP contribution in [0, 0.1) is 11.8 Å². The fourth-order valence-electron chi connectivity index (χ4n) is 2.20. The Hall–Kier alpha value is -1.36. The first kappa shape index (κ1) is 17.6. The number of aryl methyl sites for hydroxylation is 2. The third-order valence-electron chi connectivity index (χ3n) is 3.32. The molecule has 0 saturated carbocycles. The van der Waals surface area contributed by atoms with Gasteiger partial charge in [-0.15, -0.1) is 0 Å². The summed E-state index contributed by atoms with van der Waals surface area (Å²) in [5.74, 6) is 0. The lowest BCUT2D eigenvalue weighted by Gasteiger charge is -2.03. The first-order chi connectivity index (χ1) is 9.38. The second-order valence-electron chi connectivity index (χ2n) is 4.90. The Morgan fingerprint density at radius 2 is 1.63 bits per heavy atom. The molecule has 1 aromatic rings. The van der Waals surface area contributed by atoms with Gasteiger partial charge in [0.05, 0.1) is 0 Å². The summed E-state index contributed by atoms with van der Waals surface area (Å²) in [7, 11) is 0. The molecule has 0 fully saturated rings. The number of pyridine rings is 1. The number of nitrogens with zero attached hydrogens (tertiary/aromatic N) is 2. The van der Waals surface area contributed by atoms with Crippen molar-refractivity contribution in [3.05, 3.63) is 36.7 Å². The Bertz CT molecular complexity index is 331. The van der Waals surface area contributed by atoms with Crippen molar-refractivity contribution in [2.45, 2.75) is 71.8 Å². The van der Waals surface area contributed by atoms with E-state index in [2.05, 4.69) is 42.8 Å². The summed E-state index contributed by atoms with van der Waals surface area (Å²) in [4.78, 5) is 0. The lowest BCUT2D eigenvalue weighted by atomic mass is 10.1. The lowest BCUT2D eigenvalue weighted by Crippen LogP contribution is -2.37. The summed E-state index contributed by atoms with van der Waals surface area (Å²) >= 11 is 0. The van der Waals surface area contributed by atoms with E-state index in [1.807, 2.05) is 0 Å². The topological polar surface area (TPSA) is 27.7 Å². The van der Waals surface area contributed by atoms with Crippen molar-refractivity contribution in [2.75, 3.05) is 0 Å². The van der Waals surface area contributed by atoms with Crippen molar-refractivity contribution in [3.8, 4) is 0 Å². The molecule has 0 aliphatic carbocycles. The quantitative estimate of drug-likeness (QED) is 0.368. The van der Waals surface area contributed by atoms with E-state index in [4.69, 9.17) is 11.8 Å². The zero-order chi connectivity index (χ0) is 14.3. The van der Waals surface area contributed by atoms with E-state index >= 15 is 0 Å². The van der Waals surface area contributed by atoms with Crippen LogP contribution in [0.2, 0.25) is 0 Å². The minimum atomic E-state index is 1.20. The zero-order valence-corrected chi connectivity index (χ0v) is 12.6. The zero-order valence-electron chi connectivity index (χ0n) is 12.6. The van der Waals surface area contributed by atoms with Crippen LogP contribution in [0.1, 0.15) is 64.5 Å². The summed E-state index contributed by atoms with van der Waals surface area (Å²) in [5, 5.41) is 6.25. The van der Waals surface area contributed by atoms with Gasteiger partial charge in [-0.3, -0.25) is 0 Å². The first-order valence-corrected chi connectivity index (χ1v) is 7.58. The van der Waals surface area contributed by atoms with Crippen LogP contribution in [-0.4, -0.2) is 0 Å². The van der Waals surface area contributed by atoms with Crippen molar-refractivity contribution in [1.82, 2.24) is 0 Å². The van der Waals surface area contributed by atoms with E-state index in [0.29, 0.717) is 0 Å². The maximum atomic E-state index is 6.25. The molecule has 19 heavy (non-hydrogen) atoms. The minimum absolute atomic E-state index is 1.20. The molecule has 0 bridgehead atoms. The number of rotatable bonds is 9. The molecule has 1 rings (SSSR count). The van der Waals surface area contributed by atoms with Gasteiger partial charge in [0, 0.05) is 25.0 Å². The lowest BCUT2D eigenvalue weighted by molar-refractivity contribution is -0.704. The van der Waals surface area contributed by atoms with Gasteiger partial charge in [-0.1, -0.05) is 45.6 Å². The van der Waals surface area contributed by atoms with Crippen molar-refractivity contribution in [2.24, 2.45) is 0 Å². The second kappa shape index (κ2) is 13.1. The molecule has 0 amide bonds. The van der Waals surface area contributed by atoms with Crippen LogP contribution in [0.5, 0.6) is 0 Å².